The summed E-state index contributed by atoms with van der Waals surface area (Å²) in [5.74, 6) is 0.446. The van der Waals surface area contributed by atoms with E-state index in [1.165, 1.54) is 64.7 Å². The number of hydrogen-bond donors (Lipinski definition) is 0. The van der Waals surface area contributed by atoms with Crippen molar-refractivity contribution in [1.29, 1.82) is 0 Å². The Morgan fingerprint density at radius 3 is 2.00 bits per heavy atom. The van der Waals surface area contributed by atoms with Crippen LogP contribution < -0.4 is 0 Å². The summed E-state index contributed by atoms with van der Waals surface area (Å²) in [5, 5.41) is 0. The standard InChI is InChI=1S/C15H30O2/c1-4-6-8-10-12-15(11-9-7-5-2)13-17-14(3)16/h15H,4-13H2,1-3H3. The van der Waals surface area contributed by atoms with Crippen molar-refractivity contribution in [2.75, 3.05) is 6.61 Å². The number of rotatable bonds is 11. The van der Waals surface area contributed by atoms with Crippen LogP contribution in [0.2, 0.25) is 0 Å². The van der Waals surface area contributed by atoms with Crippen LogP contribution in [0.5, 0.6) is 0 Å². The van der Waals surface area contributed by atoms with Crippen LogP contribution in [0.1, 0.15) is 78.6 Å². The molecule has 0 saturated heterocycles. The van der Waals surface area contributed by atoms with Gasteiger partial charge in [0.2, 0.25) is 0 Å². The average Bonchev–Trinajstić information content (AvgIpc) is 2.30. The van der Waals surface area contributed by atoms with E-state index in [4.69, 9.17) is 4.74 Å². The molecule has 102 valence electrons. The van der Waals surface area contributed by atoms with Gasteiger partial charge in [0.05, 0.1) is 6.61 Å². The van der Waals surface area contributed by atoms with Crippen LogP contribution in [0.15, 0.2) is 0 Å². The summed E-state index contributed by atoms with van der Waals surface area (Å²) in [7, 11) is 0. The molecule has 0 spiro atoms. The molecule has 0 radical (unpaired) electrons. The van der Waals surface area contributed by atoms with E-state index in [0.29, 0.717) is 12.5 Å². The van der Waals surface area contributed by atoms with Crippen molar-refractivity contribution >= 4 is 5.97 Å². The van der Waals surface area contributed by atoms with Gasteiger partial charge in [-0.1, -0.05) is 58.8 Å². The molecule has 0 aliphatic rings. The van der Waals surface area contributed by atoms with Gasteiger partial charge in [0.15, 0.2) is 0 Å². The molecule has 0 aromatic heterocycles. The van der Waals surface area contributed by atoms with Crippen LogP contribution >= 0.6 is 0 Å². The molecule has 0 saturated carbocycles. The minimum absolute atomic E-state index is 0.140. The maximum absolute atomic E-state index is 10.8. The van der Waals surface area contributed by atoms with Gasteiger partial charge in [0, 0.05) is 6.92 Å². The fourth-order valence-electron chi connectivity index (χ4n) is 2.09. The van der Waals surface area contributed by atoms with Crippen LogP contribution in [-0.2, 0) is 9.53 Å². The molecule has 0 heterocycles. The topological polar surface area (TPSA) is 26.3 Å². The highest BCUT2D eigenvalue weighted by Crippen LogP contribution is 2.18. The van der Waals surface area contributed by atoms with Gasteiger partial charge in [0.25, 0.3) is 0 Å². The Balaban J connectivity index is 3.71. The Labute approximate surface area is 107 Å². The molecule has 0 N–H and O–H groups in total. The SMILES string of the molecule is CCCCCCC(CCCCC)COC(C)=O. The summed E-state index contributed by atoms with van der Waals surface area (Å²) in [6.45, 7) is 6.59. The van der Waals surface area contributed by atoms with E-state index in [0.717, 1.165) is 0 Å². The zero-order valence-electron chi connectivity index (χ0n) is 12.0. The van der Waals surface area contributed by atoms with Crippen LogP contribution in [-0.4, -0.2) is 12.6 Å². The molecule has 0 rings (SSSR count). The van der Waals surface area contributed by atoms with E-state index in [-0.39, 0.29) is 5.97 Å². The number of ether oxygens (including phenoxy) is 1. The number of carbonyl (C=O) groups is 1. The molecule has 0 aromatic carbocycles. The predicted molar refractivity (Wildman–Crippen MR) is 73.0 cm³/mol. The number of unbranched alkanes of at least 4 members (excludes halogenated alkanes) is 5. The largest absolute Gasteiger partial charge is 0.466 e. The van der Waals surface area contributed by atoms with E-state index in [2.05, 4.69) is 13.8 Å². The summed E-state index contributed by atoms with van der Waals surface area (Å²) < 4.78 is 5.15. The van der Waals surface area contributed by atoms with Crippen LogP contribution in [0, 0.1) is 5.92 Å². The smallest absolute Gasteiger partial charge is 0.302 e. The van der Waals surface area contributed by atoms with Crippen LogP contribution in [0.3, 0.4) is 0 Å². The van der Waals surface area contributed by atoms with Crippen LogP contribution in [0.4, 0.5) is 0 Å². The Kier molecular flexibility index (Phi) is 11.6. The predicted octanol–water partition coefficient (Wildman–Crippen LogP) is 4.72. The Morgan fingerprint density at radius 2 is 1.47 bits per heavy atom. The van der Waals surface area contributed by atoms with Gasteiger partial charge < -0.3 is 4.74 Å². The first-order valence-corrected chi connectivity index (χ1v) is 7.34. The molecule has 17 heavy (non-hydrogen) atoms. The highest BCUT2D eigenvalue weighted by molar-refractivity contribution is 5.65. The molecule has 0 aliphatic carbocycles. The van der Waals surface area contributed by atoms with Gasteiger partial charge in [-0.05, 0) is 18.8 Å². The third-order valence-corrected chi connectivity index (χ3v) is 3.20. The Bertz CT molecular complexity index is 178. The first-order chi connectivity index (χ1) is 8.20. The lowest BCUT2D eigenvalue weighted by atomic mass is 9.95. The molecular weight excluding hydrogens is 212 g/mol. The van der Waals surface area contributed by atoms with Gasteiger partial charge in [-0.2, -0.15) is 0 Å². The summed E-state index contributed by atoms with van der Waals surface area (Å²) >= 11 is 0. The fraction of sp³-hybridized carbons (Fsp3) is 0.933. The van der Waals surface area contributed by atoms with Crippen molar-refractivity contribution < 1.29 is 9.53 Å². The van der Waals surface area contributed by atoms with Gasteiger partial charge in [0.1, 0.15) is 0 Å². The van der Waals surface area contributed by atoms with Gasteiger partial charge in [-0.15, -0.1) is 0 Å². The third-order valence-electron chi connectivity index (χ3n) is 3.20. The lowest BCUT2D eigenvalue weighted by Crippen LogP contribution is -2.12. The van der Waals surface area contributed by atoms with E-state index in [1.807, 2.05) is 0 Å². The van der Waals surface area contributed by atoms with E-state index < -0.39 is 0 Å². The molecule has 1 unspecified atom stereocenters. The number of carbonyl (C=O) groups excluding carboxylic acids is 1. The van der Waals surface area contributed by atoms with Crippen molar-refractivity contribution in [3.63, 3.8) is 0 Å². The highest BCUT2D eigenvalue weighted by Gasteiger charge is 2.10. The molecule has 2 nitrogen and oxygen atoms in total. The summed E-state index contributed by atoms with van der Waals surface area (Å²) in [4.78, 5) is 10.8. The minimum atomic E-state index is -0.140. The lowest BCUT2D eigenvalue weighted by molar-refractivity contribution is -0.142. The maximum atomic E-state index is 10.8. The molecule has 0 aromatic rings. The van der Waals surface area contributed by atoms with Crippen molar-refractivity contribution in [2.24, 2.45) is 5.92 Å². The third kappa shape index (κ3) is 11.7. The minimum Gasteiger partial charge on any atom is -0.466 e. The first-order valence-electron chi connectivity index (χ1n) is 7.34. The number of esters is 1. The molecule has 2 heteroatoms. The van der Waals surface area contributed by atoms with E-state index >= 15 is 0 Å². The highest BCUT2D eigenvalue weighted by atomic mass is 16.5. The molecule has 0 bridgehead atoms. The molecular formula is C15H30O2. The van der Waals surface area contributed by atoms with Crippen molar-refractivity contribution in [2.45, 2.75) is 78.6 Å². The van der Waals surface area contributed by atoms with Gasteiger partial charge in [-0.25, -0.2) is 0 Å². The monoisotopic (exact) mass is 242 g/mol. The molecule has 0 amide bonds. The summed E-state index contributed by atoms with van der Waals surface area (Å²) in [6, 6.07) is 0. The second-order valence-electron chi connectivity index (χ2n) is 5.01. The van der Waals surface area contributed by atoms with Gasteiger partial charge in [-0.3, -0.25) is 4.79 Å². The maximum Gasteiger partial charge on any atom is 0.302 e. The van der Waals surface area contributed by atoms with Crippen molar-refractivity contribution in [3.8, 4) is 0 Å². The van der Waals surface area contributed by atoms with E-state index in [1.54, 1.807) is 0 Å². The second kappa shape index (κ2) is 11.9. The average molecular weight is 242 g/mol. The lowest BCUT2D eigenvalue weighted by Gasteiger charge is -2.16. The Morgan fingerprint density at radius 1 is 0.941 bits per heavy atom. The quantitative estimate of drug-likeness (QED) is 0.387. The fourth-order valence-corrected chi connectivity index (χ4v) is 2.09. The second-order valence-corrected chi connectivity index (χ2v) is 5.01. The normalized spacial score (nSPS) is 12.4. The van der Waals surface area contributed by atoms with Crippen molar-refractivity contribution in [1.82, 2.24) is 0 Å². The molecule has 1 atom stereocenters. The van der Waals surface area contributed by atoms with Crippen molar-refractivity contribution in [3.05, 3.63) is 0 Å². The first kappa shape index (κ1) is 16.5. The van der Waals surface area contributed by atoms with Gasteiger partial charge >= 0.3 is 5.97 Å². The molecule has 0 fully saturated rings. The summed E-state index contributed by atoms with van der Waals surface area (Å²) in [6.07, 6.45) is 11.5. The molecule has 0 aliphatic heterocycles. The zero-order chi connectivity index (χ0) is 12.9. The zero-order valence-corrected chi connectivity index (χ0v) is 12.0. The number of hydrogen-bond acceptors (Lipinski definition) is 2. The summed E-state index contributed by atoms with van der Waals surface area (Å²) in [5.41, 5.74) is 0. The van der Waals surface area contributed by atoms with Crippen LogP contribution in [0.25, 0.3) is 0 Å². The Hall–Kier alpha value is -0.530. The van der Waals surface area contributed by atoms with E-state index in [9.17, 15) is 4.79 Å².